The Bertz CT molecular complexity index is 916. The third kappa shape index (κ3) is 4.62. The molecule has 1 aliphatic rings. The number of hydrogen-bond donors (Lipinski definition) is 1. The lowest BCUT2D eigenvalue weighted by Crippen LogP contribution is -2.46. The normalized spacial score (nSPS) is 18.1. The summed E-state index contributed by atoms with van der Waals surface area (Å²) >= 11 is 0. The van der Waals surface area contributed by atoms with Crippen molar-refractivity contribution in [3.63, 3.8) is 0 Å². The first kappa shape index (κ1) is 21.4. The monoisotopic (exact) mass is 409 g/mol. The highest BCUT2D eigenvalue weighted by Gasteiger charge is 2.47. The molecule has 1 N–H and O–H groups in total. The van der Waals surface area contributed by atoms with Crippen molar-refractivity contribution < 1.29 is 19.1 Å². The van der Waals surface area contributed by atoms with Crippen LogP contribution in [0.5, 0.6) is 0 Å². The van der Waals surface area contributed by atoms with Crippen LogP contribution in [0.1, 0.15) is 37.5 Å². The zero-order chi connectivity index (χ0) is 21.7. The van der Waals surface area contributed by atoms with Crippen molar-refractivity contribution in [2.24, 2.45) is 0 Å². The number of nitrogens with zero attached hydrogens (tertiary/aromatic N) is 2. The number of anilines is 1. The van der Waals surface area contributed by atoms with Crippen LogP contribution in [-0.2, 0) is 20.9 Å². The molecule has 3 amide bonds. The molecule has 2 atom stereocenters. The fourth-order valence-corrected chi connectivity index (χ4v) is 3.40. The topological polar surface area (TPSA) is 79.0 Å². The van der Waals surface area contributed by atoms with E-state index in [-0.39, 0.29) is 18.4 Å². The summed E-state index contributed by atoms with van der Waals surface area (Å²) in [6, 6.07) is 15.8. The molecule has 30 heavy (non-hydrogen) atoms. The van der Waals surface area contributed by atoms with Crippen molar-refractivity contribution >= 4 is 23.6 Å². The molecule has 2 aromatic carbocycles. The first-order chi connectivity index (χ1) is 14.4. The van der Waals surface area contributed by atoms with E-state index in [0.29, 0.717) is 24.2 Å². The zero-order valence-corrected chi connectivity index (χ0v) is 17.5. The number of carbonyl (C=O) groups is 3. The molecule has 0 bridgehead atoms. The van der Waals surface area contributed by atoms with Crippen molar-refractivity contribution in [2.45, 2.75) is 39.0 Å². The molecular weight excluding hydrogens is 382 g/mol. The molecule has 0 aromatic heterocycles. The number of likely N-dealkylation sites (N-methyl/N-ethyl adjacent to an activating group) is 1. The Kier molecular flexibility index (Phi) is 6.72. The Labute approximate surface area is 176 Å². The van der Waals surface area contributed by atoms with E-state index in [2.05, 4.69) is 5.32 Å². The fraction of sp³-hybridized carbons (Fsp3) is 0.348. The maximum atomic E-state index is 13.2. The van der Waals surface area contributed by atoms with Gasteiger partial charge < -0.3 is 15.0 Å². The van der Waals surface area contributed by atoms with Crippen LogP contribution in [-0.4, -0.2) is 47.3 Å². The number of nitrogens with one attached hydrogen (secondary N) is 1. The first-order valence-electron chi connectivity index (χ1n) is 10.1. The van der Waals surface area contributed by atoms with E-state index in [1.54, 1.807) is 43.1 Å². The van der Waals surface area contributed by atoms with Crippen LogP contribution in [0.4, 0.5) is 10.5 Å². The molecule has 3 rings (SSSR count). The maximum Gasteiger partial charge on any atom is 0.411 e. The molecule has 0 radical (unpaired) electrons. The largest absolute Gasteiger partial charge is 0.438 e. The molecule has 1 saturated heterocycles. The lowest BCUT2D eigenvalue weighted by Gasteiger charge is -2.28. The Morgan fingerprint density at radius 3 is 2.50 bits per heavy atom. The smallest absolute Gasteiger partial charge is 0.411 e. The van der Waals surface area contributed by atoms with Crippen LogP contribution in [0.3, 0.4) is 0 Å². The third-order valence-corrected chi connectivity index (χ3v) is 5.20. The molecule has 0 aliphatic carbocycles. The van der Waals surface area contributed by atoms with Gasteiger partial charge >= 0.3 is 6.09 Å². The van der Waals surface area contributed by atoms with Gasteiger partial charge in [-0.25, -0.2) is 4.79 Å². The van der Waals surface area contributed by atoms with E-state index in [4.69, 9.17) is 4.74 Å². The number of rotatable bonds is 7. The van der Waals surface area contributed by atoms with Gasteiger partial charge in [0.15, 0.2) is 12.1 Å². The van der Waals surface area contributed by atoms with Crippen LogP contribution in [0.25, 0.3) is 0 Å². The highest BCUT2D eigenvalue weighted by atomic mass is 16.6. The Morgan fingerprint density at radius 1 is 1.10 bits per heavy atom. The molecule has 1 heterocycles. The molecule has 1 aliphatic heterocycles. The quantitative estimate of drug-likeness (QED) is 0.758. The standard InChI is InChI=1S/C23H27N3O4/c1-4-19(27)24-18-13-9-12-17(14-18)21-20(22(28)25(3)5-2)26(23(29)30-21)15-16-10-7-6-8-11-16/h6-14,20-21H,4-5,15H2,1-3H3,(H,24,27). The first-order valence-corrected chi connectivity index (χ1v) is 10.1. The van der Waals surface area contributed by atoms with E-state index in [1.165, 1.54) is 4.90 Å². The van der Waals surface area contributed by atoms with E-state index < -0.39 is 18.2 Å². The Hall–Kier alpha value is -3.35. The molecular formula is C23H27N3O4. The third-order valence-electron chi connectivity index (χ3n) is 5.20. The van der Waals surface area contributed by atoms with Crippen LogP contribution < -0.4 is 5.32 Å². The van der Waals surface area contributed by atoms with Crippen LogP contribution in [0, 0.1) is 0 Å². The second-order valence-corrected chi connectivity index (χ2v) is 7.24. The number of carbonyl (C=O) groups excluding carboxylic acids is 3. The summed E-state index contributed by atoms with van der Waals surface area (Å²) in [6.07, 6.45) is -0.938. The van der Waals surface area contributed by atoms with Crippen molar-refractivity contribution in [1.82, 2.24) is 9.80 Å². The summed E-state index contributed by atoms with van der Waals surface area (Å²) in [7, 11) is 1.71. The van der Waals surface area contributed by atoms with Gasteiger partial charge in [-0.2, -0.15) is 0 Å². The van der Waals surface area contributed by atoms with Crippen molar-refractivity contribution in [3.05, 3.63) is 65.7 Å². The molecule has 2 aromatic rings. The molecule has 0 spiro atoms. The van der Waals surface area contributed by atoms with Crippen LogP contribution in [0.15, 0.2) is 54.6 Å². The number of ether oxygens (including phenoxy) is 1. The molecule has 158 valence electrons. The van der Waals surface area contributed by atoms with E-state index in [0.717, 1.165) is 5.56 Å². The summed E-state index contributed by atoms with van der Waals surface area (Å²) in [4.78, 5) is 40.8. The minimum Gasteiger partial charge on any atom is -0.438 e. The molecule has 7 heteroatoms. The average Bonchev–Trinajstić information content (AvgIpc) is 3.09. The fourth-order valence-electron chi connectivity index (χ4n) is 3.40. The summed E-state index contributed by atoms with van der Waals surface area (Å²) in [5.74, 6) is -0.299. The summed E-state index contributed by atoms with van der Waals surface area (Å²) in [6.45, 7) is 4.44. The van der Waals surface area contributed by atoms with Gasteiger partial charge in [-0.1, -0.05) is 49.4 Å². The van der Waals surface area contributed by atoms with Gasteiger partial charge in [-0.3, -0.25) is 14.5 Å². The number of amides is 3. The molecule has 0 saturated carbocycles. The molecule has 7 nitrogen and oxygen atoms in total. The van der Waals surface area contributed by atoms with Crippen molar-refractivity contribution in [3.8, 4) is 0 Å². The van der Waals surface area contributed by atoms with Crippen molar-refractivity contribution in [2.75, 3.05) is 18.9 Å². The minimum atomic E-state index is -0.792. The lowest BCUT2D eigenvalue weighted by atomic mass is 9.99. The lowest BCUT2D eigenvalue weighted by molar-refractivity contribution is -0.135. The van der Waals surface area contributed by atoms with Gasteiger partial charge in [-0.05, 0) is 30.2 Å². The second-order valence-electron chi connectivity index (χ2n) is 7.24. The van der Waals surface area contributed by atoms with E-state index >= 15 is 0 Å². The van der Waals surface area contributed by atoms with Gasteiger partial charge in [0.2, 0.25) is 11.8 Å². The minimum absolute atomic E-state index is 0.111. The van der Waals surface area contributed by atoms with Crippen molar-refractivity contribution in [1.29, 1.82) is 0 Å². The van der Waals surface area contributed by atoms with Crippen LogP contribution in [0.2, 0.25) is 0 Å². The molecule has 1 fully saturated rings. The summed E-state index contributed by atoms with van der Waals surface area (Å²) in [5, 5.41) is 2.81. The van der Waals surface area contributed by atoms with Gasteiger partial charge in [-0.15, -0.1) is 0 Å². The van der Waals surface area contributed by atoms with Crippen LogP contribution >= 0.6 is 0 Å². The Balaban J connectivity index is 1.94. The van der Waals surface area contributed by atoms with Gasteiger partial charge in [0.25, 0.3) is 0 Å². The SMILES string of the molecule is CCC(=O)Nc1cccc(C2OC(=O)N(Cc3ccccc3)C2C(=O)N(C)CC)c1. The number of benzene rings is 2. The van der Waals surface area contributed by atoms with E-state index in [9.17, 15) is 14.4 Å². The molecule has 2 unspecified atom stereocenters. The average molecular weight is 409 g/mol. The second kappa shape index (κ2) is 9.43. The highest BCUT2D eigenvalue weighted by molar-refractivity contribution is 5.91. The van der Waals surface area contributed by atoms with Gasteiger partial charge in [0.1, 0.15) is 0 Å². The maximum absolute atomic E-state index is 13.2. The number of cyclic esters (lactones) is 1. The summed E-state index contributed by atoms with van der Waals surface area (Å²) < 4.78 is 5.67. The predicted octanol–water partition coefficient (Wildman–Crippen LogP) is 3.58. The van der Waals surface area contributed by atoms with E-state index in [1.807, 2.05) is 37.3 Å². The Morgan fingerprint density at radius 2 is 1.83 bits per heavy atom. The highest BCUT2D eigenvalue weighted by Crippen LogP contribution is 2.35. The number of hydrogen-bond acceptors (Lipinski definition) is 4. The van der Waals surface area contributed by atoms with Gasteiger partial charge in [0, 0.05) is 25.7 Å². The summed E-state index contributed by atoms with van der Waals surface area (Å²) in [5.41, 5.74) is 2.18. The predicted molar refractivity (Wildman–Crippen MR) is 114 cm³/mol. The van der Waals surface area contributed by atoms with Gasteiger partial charge in [0.05, 0.1) is 6.54 Å². The zero-order valence-electron chi connectivity index (χ0n) is 17.5.